The van der Waals surface area contributed by atoms with Gasteiger partial charge in [0, 0.05) is 6.66 Å². The molecule has 1 aliphatic rings. The monoisotopic (exact) mass is 377 g/mol. The minimum atomic E-state index is -3.74. The summed E-state index contributed by atoms with van der Waals surface area (Å²) in [4.78, 5) is 20.0. The van der Waals surface area contributed by atoms with Crippen LogP contribution in [0.3, 0.4) is 0 Å². The SMILES string of the molecule is CP(=O)(O)OCC1OC(n2cnc3c(=S)[nH]c(N)nc32)C(O)C1O. The van der Waals surface area contributed by atoms with Crippen LogP contribution in [-0.2, 0) is 13.8 Å². The summed E-state index contributed by atoms with van der Waals surface area (Å²) in [6, 6.07) is 0. The Labute approximate surface area is 140 Å². The third-order valence-corrected chi connectivity index (χ3v) is 4.46. The highest BCUT2D eigenvalue weighted by Crippen LogP contribution is 2.39. The molecule has 3 heterocycles. The van der Waals surface area contributed by atoms with Crippen LogP contribution in [0.15, 0.2) is 6.33 Å². The molecule has 5 unspecified atom stereocenters. The van der Waals surface area contributed by atoms with Crippen LogP contribution in [0.25, 0.3) is 11.2 Å². The van der Waals surface area contributed by atoms with Gasteiger partial charge in [-0.2, -0.15) is 4.98 Å². The molecule has 2 aromatic rings. The number of hydrogen-bond acceptors (Lipinski definition) is 9. The maximum Gasteiger partial charge on any atom is 0.325 e. The number of nitrogens with zero attached hydrogens (tertiary/aromatic N) is 3. The van der Waals surface area contributed by atoms with Crippen LogP contribution in [0.1, 0.15) is 6.23 Å². The molecule has 0 amide bonds. The van der Waals surface area contributed by atoms with Gasteiger partial charge in [0.25, 0.3) is 0 Å². The van der Waals surface area contributed by atoms with Crippen molar-refractivity contribution in [3.05, 3.63) is 11.0 Å². The number of nitrogens with one attached hydrogen (secondary N) is 1. The first kappa shape index (κ1) is 17.4. The Morgan fingerprint density at radius 3 is 2.92 bits per heavy atom. The number of aliphatic hydroxyl groups is 2. The first-order chi connectivity index (χ1) is 11.2. The Morgan fingerprint density at radius 2 is 2.25 bits per heavy atom. The largest absolute Gasteiger partial charge is 0.387 e. The van der Waals surface area contributed by atoms with Gasteiger partial charge in [-0.15, -0.1) is 0 Å². The van der Waals surface area contributed by atoms with Crippen LogP contribution in [-0.4, -0.2) is 66.2 Å². The fourth-order valence-corrected chi connectivity index (χ4v) is 3.11. The number of anilines is 1. The van der Waals surface area contributed by atoms with Crippen molar-refractivity contribution in [3.63, 3.8) is 0 Å². The molecule has 0 bridgehead atoms. The molecular weight excluding hydrogens is 361 g/mol. The zero-order valence-electron chi connectivity index (χ0n) is 12.4. The molecule has 0 aliphatic carbocycles. The lowest BCUT2D eigenvalue weighted by molar-refractivity contribution is -0.0483. The van der Waals surface area contributed by atoms with Gasteiger partial charge in [-0.05, 0) is 0 Å². The minimum absolute atomic E-state index is 0.0642. The molecule has 24 heavy (non-hydrogen) atoms. The average molecular weight is 377 g/mol. The Morgan fingerprint density at radius 1 is 1.54 bits per heavy atom. The van der Waals surface area contributed by atoms with Crippen LogP contribution in [0.2, 0.25) is 0 Å². The highest BCUT2D eigenvalue weighted by Gasteiger charge is 2.45. The Kier molecular flexibility index (Phi) is 4.47. The first-order valence-corrected chi connectivity index (χ1v) is 9.29. The Hall–Kier alpha value is -1.40. The van der Waals surface area contributed by atoms with E-state index in [9.17, 15) is 14.8 Å². The van der Waals surface area contributed by atoms with E-state index in [2.05, 4.69) is 15.0 Å². The molecular formula is C11H16N5O6PS. The lowest BCUT2D eigenvalue weighted by Gasteiger charge is -2.16. The number of imidazole rings is 1. The summed E-state index contributed by atoms with van der Waals surface area (Å²) in [7, 11) is -3.74. The van der Waals surface area contributed by atoms with Gasteiger partial charge >= 0.3 is 7.60 Å². The number of hydrogen-bond donors (Lipinski definition) is 5. The van der Waals surface area contributed by atoms with Gasteiger partial charge in [0.15, 0.2) is 11.9 Å². The second-order valence-electron chi connectivity index (χ2n) is 5.42. The average Bonchev–Trinajstić information content (AvgIpc) is 3.00. The summed E-state index contributed by atoms with van der Waals surface area (Å²) in [5.74, 6) is 0.0642. The number of aromatic nitrogens is 4. The van der Waals surface area contributed by atoms with Crippen molar-refractivity contribution in [1.82, 2.24) is 19.5 Å². The Bertz CT molecular complexity index is 864. The van der Waals surface area contributed by atoms with E-state index in [1.54, 1.807) is 0 Å². The molecule has 1 aliphatic heterocycles. The molecule has 13 heteroatoms. The van der Waals surface area contributed by atoms with Crippen LogP contribution in [0.4, 0.5) is 5.95 Å². The normalized spacial score (nSPS) is 29.8. The smallest absolute Gasteiger partial charge is 0.325 e. The van der Waals surface area contributed by atoms with Crippen LogP contribution in [0.5, 0.6) is 0 Å². The van der Waals surface area contributed by atoms with E-state index in [4.69, 9.17) is 32.1 Å². The molecule has 0 aromatic carbocycles. The van der Waals surface area contributed by atoms with Crippen LogP contribution >= 0.6 is 19.8 Å². The van der Waals surface area contributed by atoms with Crippen molar-refractivity contribution in [2.75, 3.05) is 19.0 Å². The fraction of sp³-hybridized carbons (Fsp3) is 0.545. The first-order valence-electron chi connectivity index (χ1n) is 6.86. The zero-order valence-corrected chi connectivity index (χ0v) is 14.1. The molecule has 6 N–H and O–H groups in total. The number of fused-ring (bicyclic) bond motifs is 1. The number of nitrogens with two attached hydrogens (primary N) is 1. The molecule has 0 spiro atoms. The van der Waals surface area contributed by atoms with E-state index >= 15 is 0 Å². The molecule has 3 rings (SSSR count). The second kappa shape index (κ2) is 6.15. The van der Waals surface area contributed by atoms with Gasteiger partial charge in [0.05, 0.1) is 12.9 Å². The van der Waals surface area contributed by atoms with Crippen LogP contribution in [0, 0.1) is 4.64 Å². The summed E-state index contributed by atoms with van der Waals surface area (Å²) < 4.78 is 23.2. The lowest BCUT2D eigenvalue weighted by atomic mass is 10.1. The van der Waals surface area contributed by atoms with Gasteiger partial charge in [0.2, 0.25) is 5.95 Å². The lowest BCUT2D eigenvalue weighted by Crippen LogP contribution is -2.33. The highest BCUT2D eigenvalue weighted by molar-refractivity contribution is 7.71. The number of H-pyrrole nitrogens is 1. The summed E-state index contributed by atoms with van der Waals surface area (Å²) in [5.41, 5.74) is 6.26. The van der Waals surface area contributed by atoms with E-state index in [-0.39, 0.29) is 22.8 Å². The van der Waals surface area contributed by atoms with E-state index in [1.807, 2.05) is 0 Å². The highest BCUT2D eigenvalue weighted by atomic mass is 32.1. The summed E-state index contributed by atoms with van der Waals surface area (Å²) >= 11 is 5.10. The number of rotatable bonds is 4. The molecule has 0 radical (unpaired) electrons. The van der Waals surface area contributed by atoms with Crippen molar-refractivity contribution in [2.45, 2.75) is 24.5 Å². The molecule has 132 valence electrons. The summed E-state index contributed by atoms with van der Waals surface area (Å²) in [6.07, 6.45) is -3.33. The minimum Gasteiger partial charge on any atom is -0.387 e. The number of ether oxygens (including phenoxy) is 1. The molecule has 5 atom stereocenters. The topological polar surface area (TPSA) is 169 Å². The second-order valence-corrected chi connectivity index (χ2v) is 7.69. The van der Waals surface area contributed by atoms with E-state index in [1.165, 1.54) is 10.9 Å². The summed E-state index contributed by atoms with van der Waals surface area (Å²) in [5, 5.41) is 20.3. The maximum absolute atomic E-state index is 11.2. The predicted molar refractivity (Wildman–Crippen MR) is 84.8 cm³/mol. The number of nitrogen functional groups attached to an aromatic ring is 1. The van der Waals surface area contributed by atoms with Crippen LogP contribution < -0.4 is 5.73 Å². The van der Waals surface area contributed by atoms with E-state index < -0.39 is 32.1 Å². The number of aromatic amines is 1. The maximum atomic E-state index is 11.2. The van der Waals surface area contributed by atoms with Gasteiger partial charge < -0.3 is 35.1 Å². The molecule has 1 saturated heterocycles. The molecule has 11 nitrogen and oxygen atoms in total. The van der Waals surface area contributed by atoms with Gasteiger partial charge in [-0.1, -0.05) is 12.2 Å². The van der Waals surface area contributed by atoms with Gasteiger partial charge in [-0.3, -0.25) is 9.13 Å². The van der Waals surface area contributed by atoms with Crippen molar-refractivity contribution in [2.24, 2.45) is 0 Å². The van der Waals surface area contributed by atoms with E-state index in [0.717, 1.165) is 6.66 Å². The summed E-state index contributed by atoms with van der Waals surface area (Å²) in [6.45, 7) is 0.654. The third-order valence-electron chi connectivity index (χ3n) is 3.54. The fourth-order valence-electron chi connectivity index (χ4n) is 2.44. The molecule has 2 aromatic heterocycles. The van der Waals surface area contributed by atoms with E-state index in [0.29, 0.717) is 5.52 Å². The van der Waals surface area contributed by atoms with Crippen molar-refractivity contribution >= 4 is 36.9 Å². The van der Waals surface area contributed by atoms with Gasteiger partial charge in [0.1, 0.15) is 28.5 Å². The van der Waals surface area contributed by atoms with Gasteiger partial charge in [-0.25, -0.2) is 4.98 Å². The number of aliphatic hydroxyl groups excluding tert-OH is 2. The quantitative estimate of drug-likeness (QED) is 0.346. The van der Waals surface area contributed by atoms with Crippen molar-refractivity contribution < 1.29 is 28.9 Å². The standard InChI is InChI=1S/C11H16N5O6PS/c1-23(19,20)21-2-4-6(17)7(18)10(22-4)16-3-13-5-8(16)14-11(12)15-9(5)24/h3-4,6-7,10,17-18H,2H2,1H3,(H,19,20)(H3,12,14,15,24). The molecule has 1 fully saturated rings. The third kappa shape index (κ3) is 3.22. The molecule has 0 saturated carbocycles. The Balaban J connectivity index is 1.90. The van der Waals surface area contributed by atoms with Crippen molar-refractivity contribution in [1.29, 1.82) is 0 Å². The van der Waals surface area contributed by atoms with Crippen molar-refractivity contribution in [3.8, 4) is 0 Å². The predicted octanol–water partition coefficient (Wildman–Crippen LogP) is -0.478. The zero-order chi connectivity index (χ0) is 17.6.